The number of halogens is 1. The Hall–Kier alpha value is -1.98. The zero-order chi connectivity index (χ0) is 16.7. The van der Waals surface area contributed by atoms with Crippen molar-refractivity contribution in [1.29, 1.82) is 0 Å². The molecule has 0 saturated heterocycles. The van der Waals surface area contributed by atoms with Crippen LogP contribution in [-0.2, 0) is 0 Å². The molecule has 0 bridgehead atoms. The highest BCUT2D eigenvalue weighted by molar-refractivity contribution is 7.19. The minimum atomic E-state index is -0.171. The molecule has 0 aliphatic carbocycles. The second-order valence-corrected chi connectivity index (χ2v) is 7.07. The fourth-order valence-electron chi connectivity index (χ4n) is 2.62. The number of aryl methyl sites for hydroxylation is 3. The van der Waals surface area contributed by atoms with Crippen LogP contribution in [0.5, 0.6) is 5.75 Å². The molecule has 1 aromatic carbocycles. The molecule has 4 nitrogen and oxygen atoms in total. The Bertz CT molecular complexity index is 911. The summed E-state index contributed by atoms with van der Waals surface area (Å²) in [5.41, 5.74) is 4.39. The summed E-state index contributed by atoms with van der Waals surface area (Å²) in [4.78, 5) is 17.1. The van der Waals surface area contributed by atoms with Gasteiger partial charge in [0.2, 0.25) is 0 Å². The van der Waals surface area contributed by atoms with Crippen molar-refractivity contribution in [3.63, 3.8) is 0 Å². The van der Waals surface area contributed by atoms with Gasteiger partial charge in [0.05, 0.1) is 28.6 Å². The molecular formula is C17H17ClN2O2S. The van der Waals surface area contributed by atoms with Gasteiger partial charge in [-0.15, -0.1) is 11.3 Å². The van der Waals surface area contributed by atoms with E-state index in [2.05, 4.69) is 17.2 Å². The molecule has 1 amide bonds. The molecule has 2 aromatic heterocycles. The molecule has 0 saturated carbocycles. The van der Waals surface area contributed by atoms with Crippen LogP contribution >= 0.6 is 22.9 Å². The number of ether oxygens (including phenoxy) is 1. The Kier molecular flexibility index (Phi) is 4.08. The second-order valence-electron chi connectivity index (χ2n) is 5.41. The number of amides is 1. The number of hydrogen-bond acceptors (Lipinski definition) is 3. The van der Waals surface area contributed by atoms with E-state index in [1.54, 1.807) is 36.6 Å². The van der Waals surface area contributed by atoms with Crippen molar-refractivity contribution >= 4 is 44.7 Å². The molecule has 0 aliphatic heterocycles. The number of aromatic nitrogens is 1. The van der Waals surface area contributed by atoms with Gasteiger partial charge in [-0.25, -0.2) is 0 Å². The largest absolute Gasteiger partial charge is 0.495 e. The summed E-state index contributed by atoms with van der Waals surface area (Å²) in [6.45, 7) is 6.03. The molecule has 3 aromatic rings. The van der Waals surface area contributed by atoms with Crippen LogP contribution in [0.3, 0.4) is 0 Å². The number of carbonyl (C=O) groups excluding carboxylic acids is 1. The Labute approximate surface area is 143 Å². The van der Waals surface area contributed by atoms with Crippen molar-refractivity contribution in [2.75, 3.05) is 12.4 Å². The number of carbonyl (C=O) groups is 1. The zero-order valence-electron chi connectivity index (χ0n) is 13.3. The maximum absolute atomic E-state index is 12.8. The SMILES string of the molecule is COc1ccc(Cl)cc1NC(=O)c1c(C)sc2c(C)c(C)[nH]c12. The first-order valence-electron chi connectivity index (χ1n) is 7.15. The van der Waals surface area contributed by atoms with E-state index in [9.17, 15) is 4.79 Å². The Morgan fingerprint density at radius 3 is 2.74 bits per heavy atom. The van der Waals surface area contributed by atoms with Crippen LogP contribution in [0.1, 0.15) is 26.5 Å². The number of rotatable bonds is 3. The maximum atomic E-state index is 12.8. The van der Waals surface area contributed by atoms with Gasteiger partial charge in [0.15, 0.2) is 0 Å². The summed E-state index contributed by atoms with van der Waals surface area (Å²) in [6, 6.07) is 5.14. The highest BCUT2D eigenvalue weighted by atomic mass is 35.5. The number of methoxy groups -OCH3 is 1. The summed E-state index contributed by atoms with van der Waals surface area (Å²) in [5, 5.41) is 3.45. The van der Waals surface area contributed by atoms with Crippen LogP contribution in [0, 0.1) is 20.8 Å². The lowest BCUT2D eigenvalue weighted by molar-refractivity contribution is 0.102. The average molecular weight is 349 g/mol. The third kappa shape index (κ3) is 2.71. The number of thiophene rings is 1. The molecule has 0 fully saturated rings. The van der Waals surface area contributed by atoms with Gasteiger partial charge >= 0.3 is 0 Å². The van der Waals surface area contributed by atoms with Gasteiger partial charge in [-0.1, -0.05) is 11.6 Å². The van der Waals surface area contributed by atoms with Gasteiger partial charge in [0.25, 0.3) is 5.91 Å². The third-order valence-corrected chi connectivity index (χ3v) is 5.40. The van der Waals surface area contributed by atoms with E-state index in [-0.39, 0.29) is 5.91 Å². The zero-order valence-corrected chi connectivity index (χ0v) is 14.9. The van der Waals surface area contributed by atoms with Crippen molar-refractivity contribution in [2.24, 2.45) is 0 Å². The van der Waals surface area contributed by atoms with Crippen molar-refractivity contribution < 1.29 is 9.53 Å². The van der Waals surface area contributed by atoms with E-state index in [1.807, 2.05) is 13.8 Å². The van der Waals surface area contributed by atoms with Crippen LogP contribution in [-0.4, -0.2) is 18.0 Å². The monoisotopic (exact) mass is 348 g/mol. The molecule has 23 heavy (non-hydrogen) atoms. The molecule has 0 aliphatic rings. The smallest absolute Gasteiger partial charge is 0.259 e. The number of fused-ring (bicyclic) bond motifs is 1. The molecule has 0 radical (unpaired) electrons. The van der Waals surface area contributed by atoms with Crippen LogP contribution in [0.4, 0.5) is 5.69 Å². The van der Waals surface area contributed by atoms with Gasteiger partial charge in [-0.3, -0.25) is 4.79 Å². The molecule has 0 atom stereocenters. The minimum Gasteiger partial charge on any atom is -0.495 e. The lowest BCUT2D eigenvalue weighted by Gasteiger charge is -2.10. The van der Waals surface area contributed by atoms with Crippen molar-refractivity contribution in [2.45, 2.75) is 20.8 Å². The number of anilines is 1. The minimum absolute atomic E-state index is 0.171. The Balaban J connectivity index is 2.03. The highest BCUT2D eigenvalue weighted by Crippen LogP contribution is 2.35. The van der Waals surface area contributed by atoms with Crippen molar-refractivity contribution in [3.8, 4) is 5.75 Å². The summed E-state index contributed by atoms with van der Waals surface area (Å²) in [6.07, 6.45) is 0. The molecule has 6 heteroatoms. The predicted octanol–water partition coefficient (Wildman–Crippen LogP) is 5.07. The summed E-state index contributed by atoms with van der Waals surface area (Å²) >= 11 is 7.65. The lowest BCUT2D eigenvalue weighted by Crippen LogP contribution is -2.13. The second kappa shape index (κ2) is 5.91. The van der Waals surface area contributed by atoms with Crippen LogP contribution < -0.4 is 10.1 Å². The molecule has 0 spiro atoms. The van der Waals surface area contributed by atoms with Crippen molar-refractivity contribution in [1.82, 2.24) is 4.98 Å². The fraction of sp³-hybridized carbons (Fsp3) is 0.235. The van der Waals surface area contributed by atoms with Crippen molar-refractivity contribution in [3.05, 3.63) is 44.9 Å². The number of benzene rings is 1. The summed E-state index contributed by atoms with van der Waals surface area (Å²) in [5.74, 6) is 0.404. The summed E-state index contributed by atoms with van der Waals surface area (Å²) in [7, 11) is 1.56. The molecule has 120 valence electrons. The van der Waals surface area contributed by atoms with E-state index >= 15 is 0 Å². The molecule has 0 unspecified atom stereocenters. The van der Waals surface area contributed by atoms with Crippen LogP contribution in [0.25, 0.3) is 10.2 Å². The predicted molar refractivity (Wildman–Crippen MR) is 96.3 cm³/mol. The third-order valence-electron chi connectivity index (χ3n) is 3.94. The lowest BCUT2D eigenvalue weighted by atomic mass is 10.2. The first-order valence-corrected chi connectivity index (χ1v) is 8.35. The van der Waals surface area contributed by atoms with Crippen LogP contribution in [0.2, 0.25) is 5.02 Å². The van der Waals surface area contributed by atoms with E-state index in [0.717, 1.165) is 20.8 Å². The van der Waals surface area contributed by atoms with E-state index in [1.165, 1.54) is 5.56 Å². The Morgan fingerprint density at radius 2 is 2.04 bits per heavy atom. The van der Waals surface area contributed by atoms with Crippen LogP contribution in [0.15, 0.2) is 18.2 Å². The van der Waals surface area contributed by atoms with Gasteiger partial charge in [0, 0.05) is 15.6 Å². The molecule has 3 rings (SSSR count). The fourth-order valence-corrected chi connectivity index (χ4v) is 3.95. The van der Waals surface area contributed by atoms with Gasteiger partial charge in [-0.05, 0) is 44.5 Å². The molecule has 2 N–H and O–H groups in total. The maximum Gasteiger partial charge on any atom is 0.259 e. The number of nitrogens with one attached hydrogen (secondary N) is 2. The van der Waals surface area contributed by atoms with Gasteiger partial charge in [-0.2, -0.15) is 0 Å². The first-order chi connectivity index (χ1) is 10.9. The average Bonchev–Trinajstić information content (AvgIpc) is 2.95. The molecular weight excluding hydrogens is 332 g/mol. The highest BCUT2D eigenvalue weighted by Gasteiger charge is 2.21. The van der Waals surface area contributed by atoms with E-state index in [0.29, 0.717) is 22.0 Å². The number of aromatic amines is 1. The standard InChI is InChI=1S/C17H17ClN2O2S/c1-8-9(2)19-15-14(10(3)23-16(8)15)17(21)20-12-7-11(18)5-6-13(12)22-4/h5-7,19H,1-4H3,(H,20,21). The van der Waals surface area contributed by atoms with E-state index < -0.39 is 0 Å². The number of H-pyrrole nitrogens is 1. The topological polar surface area (TPSA) is 54.1 Å². The van der Waals surface area contributed by atoms with E-state index in [4.69, 9.17) is 16.3 Å². The molecule has 2 heterocycles. The quantitative estimate of drug-likeness (QED) is 0.694. The first kappa shape index (κ1) is 15.9. The van der Waals surface area contributed by atoms with Gasteiger partial charge in [0.1, 0.15) is 5.75 Å². The normalized spacial score (nSPS) is 11.0. The summed E-state index contributed by atoms with van der Waals surface area (Å²) < 4.78 is 6.41. The van der Waals surface area contributed by atoms with Gasteiger partial charge < -0.3 is 15.0 Å². The Morgan fingerprint density at radius 1 is 1.30 bits per heavy atom. The number of hydrogen-bond donors (Lipinski definition) is 2.